The Labute approximate surface area is 144 Å². The van der Waals surface area contributed by atoms with Crippen LogP contribution in [0.1, 0.15) is 53.6 Å². The molecule has 3 rings (SSSR count). The molecule has 1 saturated carbocycles. The van der Waals surface area contributed by atoms with E-state index in [1.807, 2.05) is 56.3 Å². The summed E-state index contributed by atoms with van der Waals surface area (Å²) in [4.78, 5) is 12.5. The zero-order chi connectivity index (χ0) is 16.9. The second-order valence-electron chi connectivity index (χ2n) is 6.83. The fraction of sp³-hybridized carbons (Fsp3) is 0.381. The fourth-order valence-corrected chi connectivity index (χ4v) is 3.31. The molecular formula is C21H26N2O. The minimum atomic E-state index is -0.0517. The molecule has 0 atom stereocenters. The molecule has 126 valence electrons. The van der Waals surface area contributed by atoms with Gasteiger partial charge in [0.25, 0.3) is 5.91 Å². The van der Waals surface area contributed by atoms with Crippen LogP contribution in [0.3, 0.4) is 0 Å². The quantitative estimate of drug-likeness (QED) is 0.802. The third kappa shape index (κ3) is 4.16. The van der Waals surface area contributed by atoms with E-state index in [0.29, 0.717) is 6.04 Å². The number of benzene rings is 2. The Balaban J connectivity index is 1.63. The summed E-state index contributed by atoms with van der Waals surface area (Å²) in [5, 5.41) is 6.59. The third-order valence-corrected chi connectivity index (χ3v) is 4.76. The van der Waals surface area contributed by atoms with Gasteiger partial charge in [-0.05, 0) is 62.6 Å². The van der Waals surface area contributed by atoms with Crippen molar-refractivity contribution in [3.8, 4) is 0 Å². The summed E-state index contributed by atoms with van der Waals surface area (Å²) in [5.41, 5.74) is 4.78. The number of carbonyl (C=O) groups is 1. The van der Waals surface area contributed by atoms with Gasteiger partial charge in [0.05, 0.1) is 0 Å². The molecule has 1 amide bonds. The van der Waals surface area contributed by atoms with Gasteiger partial charge in [0.1, 0.15) is 0 Å². The number of hydrogen-bond acceptors (Lipinski definition) is 2. The van der Waals surface area contributed by atoms with Gasteiger partial charge in [0.15, 0.2) is 0 Å². The molecule has 3 nitrogen and oxygen atoms in total. The van der Waals surface area contributed by atoms with E-state index in [4.69, 9.17) is 0 Å². The first-order chi connectivity index (χ1) is 11.6. The van der Waals surface area contributed by atoms with E-state index in [-0.39, 0.29) is 5.91 Å². The van der Waals surface area contributed by atoms with Crippen molar-refractivity contribution < 1.29 is 4.79 Å². The lowest BCUT2D eigenvalue weighted by Gasteiger charge is -2.23. The molecule has 0 saturated heterocycles. The molecule has 0 bridgehead atoms. The lowest BCUT2D eigenvalue weighted by molar-refractivity contribution is 0.102. The second kappa shape index (κ2) is 7.52. The predicted molar refractivity (Wildman–Crippen MR) is 101 cm³/mol. The smallest absolute Gasteiger partial charge is 0.255 e. The van der Waals surface area contributed by atoms with Gasteiger partial charge in [-0.15, -0.1) is 0 Å². The lowest BCUT2D eigenvalue weighted by atomic mass is 9.95. The van der Waals surface area contributed by atoms with Gasteiger partial charge in [0, 0.05) is 23.0 Å². The first-order valence-corrected chi connectivity index (χ1v) is 8.87. The normalized spacial score (nSPS) is 15.1. The van der Waals surface area contributed by atoms with Gasteiger partial charge in [-0.2, -0.15) is 0 Å². The van der Waals surface area contributed by atoms with E-state index in [1.54, 1.807) is 0 Å². The maximum Gasteiger partial charge on any atom is 0.255 e. The number of carbonyl (C=O) groups excluding carboxylic acids is 1. The maximum atomic E-state index is 12.5. The number of nitrogens with one attached hydrogen (secondary N) is 2. The van der Waals surface area contributed by atoms with Crippen LogP contribution in [0.15, 0.2) is 42.5 Å². The highest BCUT2D eigenvalue weighted by atomic mass is 16.1. The zero-order valence-electron chi connectivity index (χ0n) is 14.6. The van der Waals surface area contributed by atoms with E-state index in [9.17, 15) is 4.79 Å². The summed E-state index contributed by atoms with van der Waals surface area (Å²) in [6.07, 6.45) is 6.51. The van der Waals surface area contributed by atoms with Crippen LogP contribution < -0.4 is 10.6 Å². The van der Waals surface area contributed by atoms with Crippen molar-refractivity contribution in [2.24, 2.45) is 0 Å². The van der Waals surface area contributed by atoms with Crippen molar-refractivity contribution in [3.63, 3.8) is 0 Å². The Morgan fingerprint density at radius 2 is 1.58 bits per heavy atom. The Morgan fingerprint density at radius 1 is 0.917 bits per heavy atom. The first kappa shape index (κ1) is 16.6. The number of rotatable bonds is 4. The van der Waals surface area contributed by atoms with E-state index in [2.05, 4.69) is 10.6 Å². The predicted octanol–water partition coefficient (Wildman–Crippen LogP) is 5.30. The molecule has 0 heterocycles. The SMILES string of the molecule is Cc1ccc(C)c(C(=O)Nc2ccc(NC3CCCCC3)cc2)c1. The second-order valence-corrected chi connectivity index (χ2v) is 6.83. The van der Waals surface area contributed by atoms with Crippen LogP contribution in [0, 0.1) is 13.8 Å². The Kier molecular flexibility index (Phi) is 5.19. The highest BCUT2D eigenvalue weighted by molar-refractivity contribution is 6.05. The number of amides is 1. The molecule has 0 unspecified atom stereocenters. The third-order valence-electron chi connectivity index (χ3n) is 4.76. The molecule has 2 aromatic carbocycles. The molecule has 3 heteroatoms. The molecule has 0 aliphatic heterocycles. The maximum absolute atomic E-state index is 12.5. The molecule has 1 aliphatic rings. The van der Waals surface area contributed by atoms with Gasteiger partial charge in [0.2, 0.25) is 0 Å². The van der Waals surface area contributed by atoms with E-state index >= 15 is 0 Å². The van der Waals surface area contributed by atoms with Crippen molar-refractivity contribution in [2.45, 2.75) is 52.0 Å². The molecule has 2 aromatic rings. The lowest BCUT2D eigenvalue weighted by Crippen LogP contribution is -2.22. The van der Waals surface area contributed by atoms with Crippen LogP contribution in [0.5, 0.6) is 0 Å². The van der Waals surface area contributed by atoms with Gasteiger partial charge in [-0.25, -0.2) is 0 Å². The molecule has 0 aromatic heterocycles. The van der Waals surface area contributed by atoms with E-state index < -0.39 is 0 Å². The van der Waals surface area contributed by atoms with Crippen molar-refractivity contribution in [2.75, 3.05) is 10.6 Å². The summed E-state index contributed by atoms with van der Waals surface area (Å²) in [6.45, 7) is 3.97. The van der Waals surface area contributed by atoms with Crippen molar-refractivity contribution in [3.05, 3.63) is 59.2 Å². The van der Waals surface area contributed by atoms with Crippen LogP contribution in [0.25, 0.3) is 0 Å². The fourth-order valence-electron chi connectivity index (χ4n) is 3.31. The standard InChI is InChI=1S/C21H26N2O/c1-15-8-9-16(2)20(14-15)21(24)23-19-12-10-18(11-13-19)22-17-6-4-3-5-7-17/h8-14,17,22H,3-7H2,1-2H3,(H,23,24). The van der Waals surface area contributed by atoms with Crippen molar-refractivity contribution >= 4 is 17.3 Å². The first-order valence-electron chi connectivity index (χ1n) is 8.87. The van der Waals surface area contributed by atoms with E-state index in [1.165, 1.54) is 32.1 Å². The molecule has 1 aliphatic carbocycles. The van der Waals surface area contributed by atoms with Crippen LogP contribution in [0.2, 0.25) is 0 Å². The van der Waals surface area contributed by atoms with Gasteiger partial charge in [-0.3, -0.25) is 4.79 Å². The highest BCUT2D eigenvalue weighted by Crippen LogP contribution is 2.23. The molecule has 0 radical (unpaired) electrons. The van der Waals surface area contributed by atoms with Gasteiger partial charge < -0.3 is 10.6 Å². The Morgan fingerprint density at radius 3 is 2.29 bits per heavy atom. The van der Waals surface area contributed by atoms with Gasteiger partial charge in [-0.1, -0.05) is 37.0 Å². The average molecular weight is 322 g/mol. The topological polar surface area (TPSA) is 41.1 Å². The number of hydrogen-bond donors (Lipinski definition) is 2. The zero-order valence-corrected chi connectivity index (χ0v) is 14.6. The molecule has 0 spiro atoms. The summed E-state index contributed by atoms with van der Waals surface area (Å²) >= 11 is 0. The average Bonchev–Trinajstić information content (AvgIpc) is 2.59. The summed E-state index contributed by atoms with van der Waals surface area (Å²) < 4.78 is 0. The van der Waals surface area contributed by atoms with Gasteiger partial charge >= 0.3 is 0 Å². The Hall–Kier alpha value is -2.29. The molecule has 24 heavy (non-hydrogen) atoms. The van der Waals surface area contributed by atoms with Crippen molar-refractivity contribution in [1.82, 2.24) is 0 Å². The minimum Gasteiger partial charge on any atom is -0.382 e. The summed E-state index contributed by atoms with van der Waals surface area (Å²) in [7, 11) is 0. The van der Waals surface area contributed by atoms with Crippen LogP contribution in [-0.4, -0.2) is 11.9 Å². The monoisotopic (exact) mass is 322 g/mol. The Bertz CT molecular complexity index is 700. The molecule has 1 fully saturated rings. The van der Waals surface area contributed by atoms with Crippen LogP contribution in [0.4, 0.5) is 11.4 Å². The van der Waals surface area contributed by atoms with Crippen LogP contribution in [-0.2, 0) is 0 Å². The minimum absolute atomic E-state index is 0.0517. The molecular weight excluding hydrogens is 296 g/mol. The number of aryl methyl sites for hydroxylation is 2. The number of anilines is 2. The van der Waals surface area contributed by atoms with E-state index in [0.717, 1.165) is 28.1 Å². The van der Waals surface area contributed by atoms with Crippen molar-refractivity contribution in [1.29, 1.82) is 0 Å². The molecule has 2 N–H and O–H groups in total. The highest BCUT2D eigenvalue weighted by Gasteiger charge is 2.13. The largest absolute Gasteiger partial charge is 0.382 e. The summed E-state index contributed by atoms with van der Waals surface area (Å²) in [6, 6.07) is 14.6. The van der Waals surface area contributed by atoms with Crippen LogP contribution >= 0.6 is 0 Å². The summed E-state index contributed by atoms with van der Waals surface area (Å²) in [5.74, 6) is -0.0517.